The average molecular weight is 219 g/mol. The number of hydrogen-bond donors (Lipinski definition) is 0. The number of nitrogens with zero attached hydrogens (tertiary/aromatic N) is 1. The van der Waals surface area contributed by atoms with Crippen LogP contribution in [0.3, 0.4) is 0 Å². The fourth-order valence-electron chi connectivity index (χ4n) is 2.00. The van der Waals surface area contributed by atoms with Gasteiger partial charge < -0.3 is 4.90 Å². The Labute approximate surface area is 93.6 Å². The second-order valence-corrected chi connectivity index (χ2v) is 6.56. The summed E-state index contributed by atoms with van der Waals surface area (Å²) in [5, 5.41) is 0. The van der Waals surface area contributed by atoms with Gasteiger partial charge in [-0.2, -0.15) is 0 Å². The first-order chi connectivity index (χ1) is 7.18. The second-order valence-electron chi connectivity index (χ2n) is 4.25. The number of fused-ring (bicyclic) bond motifs is 1. The number of hydrogen-bond acceptors (Lipinski definition) is 1. The first kappa shape index (κ1) is 10.7. The molecule has 2 rings (SSSR count). The minimum absolute atomic E-state index is 0.0423. The van der Waals surface area contributed by atoms with Gasteiger partial charge in [0.25, 0.3) is 0 Å². The molecule has 1 aliphatic rings. The second kappa shape index (κ2) is 4.37. The van der Waals surface area contributed by atoms with E-state index in [0.29, 0.717) is 0 Å². The highest BCUT2D eigenvalue weighted by atomic mass is 31.1. The fourth-order valence-corrected chi connectivity index (χ4v) is 2.74. The van der Waals surface area contributed by atoms with Crippen LogP contribution in [0.4, 0.5) is 0 Å². The van der Waals surface area contributed by atoms with Crippen LogP contribution in [0.15, 0.2) is 36.3 Å². The van der Waals surface area contributed by atoms with E-state index in [0.717, 1.165) is 13.1 Å². The summed E-state index contributed by atoms with van der Waals surface area (Å²) in [7, 11) is -0.0423. The van der Waals surface area contributed by atoms with Crippen LogP contribution >= 0.6 is 7.92 Å². The lowest BCUT2D eigenvalue weighted by atomic mass is 10.0. The molecule has 0 N–H and O–H groups in total. The molecule has 0 unspecified atom stereocenters. The summed E-state index contributed by atoms with van der Waals surface area (Å²) in [4.78, 5) is 2.44. The predicted octanol–water partition coefficient (Wildman–Crippen LogP) is 3.26. The molecule has 15 heavy (non-hydrogen) atoms. The maximum absolute atomic E-state index is 4.21. The molecule has 0 amide bonds. The van der Waals surface area contributed by atoms with Crippen molar-refractivity contribution in [2.45, 2.75) is 13.0 Å². The molecule has 2 heteroatoms. The van der Waals surface area contributed by atoms with Gasteiger partial charge in [0.2, 0.25) is 0 Å². The summed E-state index contributed by atoms with van der Waals surface area (Å²) in [5.41, 5.74) is 4.32. The number of benzene rings is 1. The third-order valence-corrected chi connectivity index (χ3v) is 4.33. The molecular formula is C13H18NP. The van der Waals surface area contributed by atoms with Crippen LogP contribution in [-0.4, -0.2) is 24.8 Å². The van der Waals surface area contributed by atoms with Crippen molar-refractivity contribution in [2.24, 2.45) is 0 Å². The van der Waals surface area contributed by atoms with E-state index in [-0.39, 0.29) is 7.92 Å². The molecule has 0 aliphatic carbocycles. The zero-order chi connectivity index (χ0) is 10.8. The molecule has 0 spiro atoms. The van der Waals surface area contributed by atoms with Crippen molar-refractivity contribution in [1.29, 1.82) is 0 Å². The van der Waals surface area contributed by atoms with Crippen molar-refractivity contribution >= 4 is 7.92 Å². The highest BCUT2D eigenvalue weighted by Crippen LogP contribution is 2.39. The Morgan fingerprint density at radius 3 is 2.60 bits per heavy atom. The highest BCUT2D eigenvalue weighted by molar-refractivity contribution is 7.60. The fraction of sp³-hybridized carbons (Fsp3) is 0.385. The van der Waals surface area contributed by atoms with Crippen LogP contribution in [0.25, 0.3) is 0 Å². The van der Waals surface area contributed by atoms with E-state index < -0.39 is 0 Å². The third-order valence-electron chi connectivity index (χ3n) is 3.01. The summed E-state index contributed by atoms with van der Waals surface area (Å²) in [6, 6.07) is 8.75. The van der Waals surface area contributed by atoms with Crippen LogP contribution in [0.5, 0.6) is 0 Å². The molecule has 0 saturated heterocycles. The molecule has 0 fully saturated rings. The molecule has 1 aromatic rings. The highest BCUT2D eigenvalue weighted by Gasteiger charge is 2.17. The summed E-state index contributed by atoms with van der Waals surface area (Å²) >= 11 is 0. The van der Waals surface area contributed by atoms with Gasteiger partial charge in [-0.05, 0) is 30.9 Å². The van der Waals surface area contributed by atoms with Crippen molar-refractivity contribution < 1.29 is 0 Å². The normalized spacial score (nSPS) is 15.3. The zero-order valence-electron chi connectivity index (χ0n) is 9.53. The van der Waals surface area contributed by atoms with Crippen LogP contribution in [0, 0.1) is 0 Å². The molecule has 0 radical (unpaired) electrons. The van der Waals surface area contributed by atoms with Crippen LogP contribution in [0.1, 0.15) is 11.1 Å². The van der Waals surface area contributed by atoms with E-state index in [1.54, 1.807) is 0 Å². The lowest BCUT2D eigenvalue weighted by Gasteiger charge is -2.33. The van der Waals surface area contributed by atoms with Gasteiger partial charge >= 0.3 is 0 Å². The molecule has 0 saturated carbocycles. The zero-order valence-corrected chi connectivity index (χ0v) is 10.4. The van der Waals surface area contributed by atoms with Crippen molar-refractivity contribution in [3.05, 3.63) is 47.4 Å². The summed E-state index contributed by atoms with van der Waals surface area (Å²) < 4.78 is 0. The molecular weight excluding hydrogens is 201 g/mol. The van der Waals surface area contributed by atoms with E-state index in [1.807, 2.05) is 0 Å². The number of rotatable bonds is 2. The average Bonchev–Trinajstić information content (AvgIpc) is 2.27. The van der Waals surface area contributed by atoms with Gasteiger partial charge in [0.1, 0.15) is 0 Å². The van der Waals surface area contributed by atoms with Gasteiger partial charge in [0.05, 0.1) is 0 Å². The molecule has 0 aromatic heterocycles. The van der Waals surface area contributed by atoms with Crippen molar-refractivity contribution in [3.63, 3.8) is 0 Å². The Kier molecular flexibility index (Phi) is 3.11. The van der Waals surface area contributed by atoms with Crippen molar-refractivity contribution in [1.82, 2.24) is 4.90 Å². The first-order valence-electron chi connectivity index (χ1n) is 5.36. The van der Waals surface area contributed by atoms with Gasteiger partial charge in [-0.25, -0.2) is 0 Å². The van der Waals surface area contributed by atoms with E-state index >= 15 is 0 Å². The molecule has 1 aromatic carbocycles. The molecule has 80 valence electrons. The van der Waals surface area contributed by atoms with Gasteiger partial charge in [-0.15, -0.1) is 0 Å². The smallest absolute Gasteiger partial charge is 0.0432 e. The molecule has 1 heterocycles. The van der Waals surface area contributed by atoms with Gasteiger partial charge in [0, 0.05) is 18.5 Å². The Morgan fingerprint density at radius 1 is 1.27 bits per heavy atom. The summed E-state index contributed by atoms with van der Waals surface area (Å²) in [5.74, 6) is 0. The van der Waals surface area contributed by atoms with Gasteiger partial charge in [-0.1, -0.05) is 38.8 Å². The van der Waals surface area contributed by atoms with Crippen LogP contribution in [0.2, 0.25) is 0 Å². The van der Waals surface area contributed by atoms with Gasteiger partial charge in [-0.3, -0.25) is 0 Å². The summed E-state index contributed by atoms with van der Waals surface area (Å²) in [6.07, 6.45) is 1.17. The summed E-state index contributed by atoms with van der Waals surface area (Å²) in [6.45, 7) is 10.9. The minimum atomic E-state index is -0.0423. The van der Waals surface area contributed by atoms with E-state index in [4.69, 9.17) is 0 Å². The Balaban J connectivity index is 2.15. The molecule has 1 nitrogen and oxygen atoms in total. The Hall–Kier alpha value is -0.810. The quantitative estimate of drug-likeness (QED) is 0.690. The predicted molar refractivity (Wildman–Crippen MR) is 68.5 cm³/mol. The monoisotopic (exact) mass is 219 g/mol. The maximum atomic E-state index is 4.21. The molecule has 0 bridgehead atoms. The molecule has 0 atom stereocenters. The van der Waals surface area contributed by atoms with Crippen molar-refractivity contribution in [3.8, 4) is 0 Å². The van der Waals surface area contributed by atoms with Crippen molar-refractivity contribution in [2.75, 3.05) is 19.9 Å². The van der Waals surface area contributed by atoms with E-state index in [9.17, 15) is 0 Å². The lowest BCUT2D eigenvalue weighted by molar-refractivity contribution is 0.344. The maximum Gasteiger partial charge on any atom is 0.0432 e. The van der Waals surface area contributed by atoms with Crippen LogP contribution in [-0.2, 0) is 13.0 Å². The Morgan fingerprint density at radius 2 is 1.93 bits per heavy atom. The molecule has 1 aliphatic heterocycles. The topological polar surface area (TPSA) is 3.24 Å². The SMILES string of the molecule is C=C(N1CCc2ccccc2C1)P(C)C. The third kappa shape index (κ3) is 2.23. The standard InChI is InChI=1S/C13H18NP/c1-11(15(2)3)14-9-8-12-6-4-5-7-13(12)10-14/h4-7H,1,8-10H2,2-3H3. The first-order valence-corrected chi connectivity index (χ1v) is 7.60. The minimum Gasteiger partial charge on any atom is -0.367 e. The van der Waals surface area contributed by atoms with E-state index in [2.05, 4.69) is 49.1 Å². The Bertz CT molecular complexity index is 371. The van der Waals surface area contributed by atoms with E-state index in [1.165, 1.54) is 23.0 Å². The van der Waals surface area contributed by atoms with Gasteiger partial charge in [0.15, 0.2) is 0 Å². The van der Waals surface area contributed by atoms with Crippen LogP contribution < -0.4 is 0 Å². The largest absolute Gasteiger partial charge is 0.367 e. The lowest BCUT2D eigenvalue weighted by Crippen LogP contribution is -2.28.